The molecule has 0 heterocycles. The predicted molar refractivity (Wildman–Crippen MR) is 138 cm³/mol. The molecule has 0 saturated heterocycles. The summed E-state index contributed by atoms with van der Waals surface area (Å²) in [6, 6.07) is 8.86. The van der Waals surface area contributed by atoms with E-state index in [1.165, 1.54) is 22.3 Å². The summed E-state index contributed by atoms with van der Waals surface area (Å²) in [6.07, 6.45) is 0. The quantitative estimate of drug-likeness (QED) is 0.353. The highest BCUT2D eigenvalue weighted by molar-refractivity contribution is 7.97. The second-order valence-electron chi connectivity index (χ2n) is 9.92. The summed E-state index contributed by atoms with van der Waals surface area (Å²) in [7, 11) is 3.44. The van der Waals surface area contributed by atoms with Gasteiger partial charge < -0.3 is 9.47 Å². The minimum absolute atomic E-state index is 0.0476. The van der Waals surface area contributed by atoms with Gasteiger partial charge in [0.1, 0.15) is 11.5 Å². The predicted octanol–water partition coefficient (Wildman–Crippen LogP) is 8.21. The second-order valence-corrected chi connectivity index (χ2v) is 11.4. The molecule has 172 valence electrons. The van der Waals surface area contributed by atoms with Crippen molar-refractivity contribution in [3.63, 3.8) is 0 Å². The number of halogens is 2. The van der Waals surface area contributed by atoms with Crippen LogP contribution >= 0.6 is 35.0 Å². The summed E-state index contributed by atoms with van der Waals surface area (Å²) in [6.45, 7) is 13.3. The van der Waals surface area contributed by atoms with E-state index in [0.29, 0.717) is 11.8 Å². The Morgan fingerprint density at radius 1 is 0.645 bits per heavy atom. The van der Waals surface area contributed by atoms with E-state index in [9.17, 15) is 0 Å². The fourth-order valence-electron chi connectivity index (χ4n) is 3.58. The van der Waals surface area contributed by atoms with Crippen molar-refractivity contribution in [3.05, 3.63) is 57.6 Å². The summed E-state index contributed by atoms with van der Waals surface area (Å²) in [5.74, 6) is 4.32. The van der Waals surface area contributed by atoms with Crippen LogP contribution in [0.4, 0.5) is 0 Å². The van der Waals surface area contributed by atoms with Crippen LogP contribution in [0.1, 0.15) is 74.9 Å². The zero-order valence-corrected chi connectivity index (χ0v) is 22.4. The molecular weight excluding hydrogens is 447 g/mol. The van der Waals surface area contributed by atoms with Crippen LogP contribution in [-0.2, 0) is 34.1 Å². The molecule has 0 unspecified atom stereocenters. The van der Waals surface area contributed by atoms with E-state index in [1.54, 1.807) is 14.2 Å². The first-order chi connectivity index (χ1) is 14.5. The average Bonchev–Trinajstić information content (AvgIpc) is 2.70. The molecule has 0 atom stereocenters. The highest BCUT2D eigenvalue weighted by Gasteiger charge is 2.21. The van der Waals surface area contributed by atoms with Gasteiger partial charge >= 0.3 is 0 Å². The number of alkyl halides is 2. The third-order valence-corrected chi connectivity index (χ3v) is 7.04. The van der Waals surface area contributed by atoms with Crippen LogP contribution in [0, 0.1) is 0 Å². The van der Waals surface area contributed by atoms with Crippen LogP contribution in [0.3, 0.4) is 0 Å². The van der Waals surface area contributed by atoms with E-state index < -0.39 is 0 Å². The zero-order chi connectivity index (χ0) is 23.4. The molecule has 0 radical (unpaired) electrons. The molecule has 0 spiro atoms. The van der Waals surface area contributed by atoms with Crippen LogP contribution in [0.5, 0.6) is 11.5 Å². The van der Waals surface area contributed by atoms with Crippen LogP contribution in [-0.4, -0.2) is 14.2 Å². The summed E-state index contributed by atoms with van der Waals surface area (Å²) < 4.78 is 11.5. The van der Waals surface area contributed by atoms with E-state index in [-0.39, 0.29) is 10.8 Å². The van der Waals surface area contributed by atoms with Crippen molar-refractivity contribution in [2.45, 2.75) is 75.6 Å². The molecule has 0 amide bonds. The molecule has 31 heavy (non-hydrogen) atoms. The summed E-state index contributed by atoms with van der Waals surface area (Å²) in [4.78, 5) is 0. The molecule has 0 bridgehead atoms. The van der Waals surface area contributed by atoms with Crippen molar-refractivity contribution >= 4 is 35.0 Å². The lowest BCUT2D eigenvalue weighted by Gasteiger charge is -2.24. The van der Waals surface area contributed by atoms with E-state index >= 15 is 0 Å². The number of hydrogen-bond donors (Lipinski definition) is 0. The first-order valence-electron chi connectivity index (χ1n) is 10.6. The van der Waals surface area contributed by atoms with Gasteiger partial charge in [-0.1, -0.05) is 65.8 Å². The lowest BCUT2D eigenvalue weighted by Crippen LogP contribution is -2.13. The van der Waals surface area contributed by atoms with Crippen molar-refractivity contribution in [1.29, 1.82) is 0 Å². The normalized spacial score (nSPS) is 12.2. The Bertz CT molecular complexity index is 822. The largest absolute Gasteiger partial charge is 0.496 e. The molecular formula is C26H36Cl2O2S. The van der Waals surface area contributed by atoms with Gasteiger partial charge in [-0.05, 0) is 22.0 Å². The average molecular weight is 484 g/mol. The third-order valence-electron chi connectivity index (χ3n) is 5.43. The molecule has 2 nitrogen and oxygen atoms in total. The summed E-state index contributed by atoms with van der Waals surface area (Å²) in [5, 5.41) is 0. The topological polar surface area (TPSA) is 18.5 Å². The Morgan fingerprint density at radius 3 is 1.23 bits per heavy atom. The fourth-order valence-corrected chi connectivity index (χ4v) is 4.95. The molecule has 0 fully saturated rings. The van der Waals surface area contributed by atoms with Gasteiger partial charge in [0.15, 0.2) is 0 Å². The van der Waals surface area contributed by atoms with Crippen LogP contribution in [0.25, 0.3) is 0 Å². The van der Waals surface area contributed by atoms with E-state index in [2.05, 4.69) is 65.8 Å². The Hall–Kier alpha value is -1.03. The van der Waals surface area contributed by atoms with Crippen LogP contribution in [0.15, 0.2) is 24.3 Å². The SMILES string of the molecule is COc1c(CCl)cc(C(C)(C)C)cc1CSCc1cc(C(C)(C)C)cc(CCl)c1OC. The highest BCUT2D eigenvalue weighted by atomic mass is 35.5. The molecule has 0 saturated carbocycles. The molecule has 2 aromatic carbocycles. The molecule has 0 aromatic heterocycles. The van der Waals surface area contributed by atoms with Crippen molar-refractivity contribution in [2.75, 3.05) is 14.2 Å². The maximum absolute atomic E-state index is 6.25. The van der Waals surface area contributed by atoms with Gasteiger partial charge in [-0.2, -0.15) is 11.8 Å². The van der Waals surface area contributed by atoms with E-state index in [4.69, 9.17) is 32.7 Å². The maximum Gasteiger partial charge on any atom is 0.127 e. The first-order valence-corrected chi connectivity index (χ1v) is 12.8. The lowest BCUT2D eigenvalue weighted by atomic mass is 9.85. The number of thioether (sulfide) groups is 1. The van der Waals surface area contributed by atoms with E-state index in [1.807, 2.05) is 11.8 Å². The van der Waals surface area contributed by atoms with Crippen molar-refractivity contribution < 1.29 is 9.47 Å². The molecule has 0 aliphatic rings. The Kier molecular flexibility index (Phi) is 9.07. The lowest BCUT2D eigenvalue weighted by molar-refractivity contribution is 0.406. The van der Waals surface area contributed by atoms with Crippen LogP contribution in [0.2, 0.25) is 0 Å². The monoisotopic (exact) mass is 482 g/mol. The Morgan fingerprint density at radius 2 is 0.968 bits per heavy atom. The smallest absolute Gasteiger partial charge is 0.127 e. The minimum atomic E-state index is 0.0476. The Labute approximate surface area is 203 Å². The van der Waals surface area contributed by atoms with Crippen molar-refractivity contribution in [3.8, 4) is 11.5 Å². The zero-order valence-electron chi connectivity index (χ0n) is 20.1. The number of methoxy groups -OCH3 is 2. The number of rotatable bonds is 8. The number of hydrogen-bond acceptors (Lipinski definition) is 3. The summed E-state index contributed by atoms with van der Waals surface area (Å²) in [5.41, 5.74) is 7.09. The maximum atomic E-state index is 6.25. The molecule has 0 aliphatic carbocycles. The van der Waals surface area contributed by atoms with Gasteiger partial charge in [-0.15, -0.1) is 23.2 Å². The minimum Gasteiger partial charge on any atom is -0.496 e. The molecule has 2 rings (SSSR count). The highest BCUT2D eigenvalue weighted by Crippen LogP contribution is 2.38. The van der Waals surface area contributed by atoms with Crippen molar-refractivity contribution in [1.82, 2.24) is 0 Å². The summed E-state index contributed by atoms with van der Waals surface area (Å²) >= 11 is 14.4. The van der Waals surface area contributed by atoms with Crippen molar-refractivity contribution in [2.24, 2.45) is 0 Å². The second kappa shape index (κ2) is 10.7. The van der Waals surface area contributed by atoms with Gasteiger partial charge in [-0.25, -0.2) is 0 Å². The first kappa shape index (κ1) is 26.2. The molecule has 5 heteroatoms. The molecule has 2 aromatic rings. The van der Waals surface area contributed by atoms with Gasteiger partial charge in [0.05, 0.1) is 26.0 Å². The van der Waals surface area contributed by atoms with Gasteiger partial charge in [0.25, 0.3) is 0 Å². The molecule has 0 N–H and O–H groups in total. The van der Waals surface area contributed by atoms with Crippen LogP contribution < -0.4 is 9.47 Å². The van der Waals surface area contributed by atoms with Gasteiger partial charge in [0, 0.05) is 33.8 Å². The van der Waals surface area contributed by atoms with E-state index in [0.717, 1.165) is 34.1 Å². The molecule has 0 aliphatic heterocycles. The van der Waals surface area contributed by atoms with Gasteiger partial charge in [-0.3, -0.25) is 0 Å². The number of ether oxygens (including phenoxy) is 2. The van der Waals surface area contributed by atoms with Gasteiger partial charge in [0.2, 0.25) is 0 Å². The number of benzene rings is 2. The Balaban J connectivity index is 2.37. The standard InChI is InChI=1S/C26H36Cl2O2S/c1-25(2,3)21-9-17(13-27)23(29-7)19(11-21)15-31-16-20-12-22(26(4,5)6)10-18(14-28)24(20)30-8/h9-12H,13-16H2,1-8H3. The third kappa shape index (κ3) is 6.49. The fraction of sp³-hybridized carbons (Fsp3) is 0.538.